The monoisotopic (exact) mass is 1050 g/mol. The van der Waals surface area contributed by atoms with Crippen LogP contribution in [0.15, 0.2) is 48.5 Å². The lowest BCUT2D eigenvalue weighted by atomic mass is 10.0. The van der Waals surface area contributed by atoms with Gasteiger partial charge in [0.1, 0.15) is 12.4 Å². The van der Waals surface area contributed by atoms with Gasteiger partial charge in [0.05, 0.1) is 158 Å². The van der Waals surface area contributed by atoms with Crippen LogP contribution < -0.4 is 10.1 Å². The number of likely N-dealkylation sites (N-methyl/N-ethyl adjacent to an activating group) is 2. The van der Waals surface area contributed by atoms with Crippen LogP contribution in [-0.4, -0.2) is 263 Å². The molecule has 416 valence electrons. The molecule has 1 amide bonds. The highest BCUT2D eigenvalue weighted by Gasteiger charge is 2.25. The maximum absolute atomic E-state index is 12.5. The van der Waals surface area contributed by atoms with Gasteiger partial charge in [0.2, 0.25) is 11.7 Å². The van der Waals surface area contributed by atoms with E-state index in [2.05, 4.69) is 54.5 Å². The molecule has 0 aliphatic carbocycles. The first kappa shape index (κ1) is 62.1. The van der Waals surface area contributed by atoms with Crippen molar-refractivity contribution in [2.75, 3.05) is 211 Å². The van der Waals surface area contributed by atoms with Crippen molar-refractivity contribution < 1.29 is 71.5 Å². The van der Waals surface area contributed by atoms with Crippen LogP contribution >= 0.6 is 0 Å². The van der Waals surface area contributed by atoms with Gasteiger partial charge in [0, 0.05) is 50.0 Å². The Bertz CT molecular complexity index is 1860. The number of rotatable bonds is 43. The Morgan fingerprint density at radius 1 is 0.527 bits per heavy atom. The molecule has 1 atom stereocenters. The van der Waals surface area contributed by atoms with E-state index in [9.17, 15) is 14.7 Å². The Morgan fingerprint density at radius 2 is 0.932 bits per heavy atom. The fourth-order valence-electron chi connectivity index (χ4n) is 7.08. The number of carboxylic acid groups (broad SMARTS) is 1. The number of carbonyl (C=O) groups excluding carboxylic acids is 1. The van der Waals surface area contributed by atoms with Gasteiger partial charge in [0.25, 0.3) is 0 Å². The van der Waals surface area contributed by atoms with Crippen LogP contribution in [-0.2, 0) is 68.1 Å². The number of carboxylic acids is 1. The fraction of sp³-hybridized carbons (Fsp3) is 0.686. The number of nitrogens with one attached hydrogen (secondary N) is 1. The molecule has 1 saturated heterocycles. The van der Waals surface area contributed by atoms with Crippen LogP contribution in [0, 0.1) is 6.92 Å². The van der Waals surface area contributed by atoms with Crippen LogP contribution in [0.3, 0.4) is 0 Å². The van der Waals surface area contributed by atoms with E-state index in [1.807, 2.05) is 48.5 Å². The zero-order chi connectivity index (χ0) is 52.5. The second-order valence-electron chi connectivity index (χ2n) is 17.2. The van der Waals surface area contributed by atoms with Crippen molar-refractivity contribution >= 4 is 17.6 Å². The summed E-state index contributed by atoms with van der Waals surface area (Å²) in [5, 5.41) is 28.4. The molecule has 0 spiro atoms. The highest BCUT2D eigenvalue weighted by Crippen LogP contribution is 2.19. The number of hydrogen-bond acceptors (Lipinski definition) is 21. The van der Waals surface area contributed by atoms with Crippen molar-refractivity contribution in [3.63, 3.8) is 0 Å². The van der Waals surface area contributed by atoms with E-state index in [0.29, 0.717) is 169 Å². The van der Waals surface area contributed by atoms with Gasteiger partial charge in [-0.1, -0.05) is 12.1 Å². The van der Waals surface area contributed by atoms with E-state index in [1.165, 1.54) is 0 Å². The summed E-state index contributed by atoms with van der Waals surface area (Å²) in [4.78, 5) is 30.7. The Labute approximate surface area is 436 Å². The molecule has 0 bridgehead atoms. The molecule has 0 saturated carbocycles. The number of carbonyl (C=O) groups is 2. The smallest absolute Gasteiger partial charge is 0.317 e. The third kappa shape index (κ3) is 30.8. The SMILES string of the molecule is Cc1nnc(-c2ccc(OCCOCCOCCOCCOCCOCCOCCOCCOCCOCCOCCOCCC(=O)Nc3ccc(CC4CN(C)CCN(C)CCN4CC(=O)O)cc3)cc2)nn1. The van der Waals surface area contributed by atoms with Crippen molar-refractivity contribution in [1.29, 1.82) is 0 Å². The normalized spacial score (nSPS) is 14.9. The molecule has 1 aromatic heterocycles. The fourth-order valence-corrected chi connectivity index (χ4v) is 7.08. The minimum Gasteiger partial charge on any atom is -0.491 e. The molecule has 2 aromatic carbocycles. The highest BCUT2D eigenvalue weighted by atomic mass is 16.6. The third-order valence-corrected chi connectivity index (χ3v) is 11.1. The predicted octanol–water partition coefficient (Wildman–Crippen LogP) is 2.01. The van der Waals surface area contributed by atoms with Gasteiger partial charge in [-0.25, -0.2) is 0 Å². The third-order valence-electron chi connectivity index (χ3n) is 11.1. The van der Waals surface area contributed by atoms with Crippen LogP contribution in [0.4, 0.5) is 5.69 Å². The van der Waals surface area contributed by atoms with Gasteiger partial charge in [-0.3, -0.25) is 14.5 Å². The van der Waals surface area contributed by atoms with E-state index >= 15 is 0 Å². The predicted molar refractivity (Wildman–Crippen MR) is 274 cm³/mol. The van der Waals surface area contributed by atoms with Gasteiger partial charge in [-0.15, -0.1) is 20.4 Å². The molecule has 1 fully saturated rings. The summed E-state index contributed by atoms with van der Waals surface area (Å²) in [5.74, 6) is 0.763. The Kier molecular flexibility index (Phi) is 34.3. The van der Waals surface area contributed by atoms with E-state index in [4.69, 9.17) is 56.8 Å². The molecular formula is C51H82N8O15. The summed E-state index contributed by atoms with van der Waals surface area (Å²) in [5.41, 5.74) is 2.62. The summed E-state index contributed by atoms with van der Waals surface area (Å²) in [6.07, 6.45) is 0.946. The molecule has 23 nitrogen and oxygen atoms in total. The molecule has 2 N–H and O–H groups in total. The number of aromatic nitrogens is 4. The molecule has 4 rings (SSSR count). The van der Waals surface area contributed by atoms with Gasteiger partial charge in [-0.2, -0.15) is 0 Å². The summed E-state index contributed by atoms with van der Waals surface area (Å²) in [7, 11) is 4.15. The molecule has 1 aliphatic rings. The lowest BCUT2D eigenvalue weighted by Crippen LogP contribution is -2.47. The Hall–Kier alpha value is -4.44. The van der Waals surface area contributed by atoms with Crippen molar-refractivity contribution in [3.8, 4) is 17.1 Å². The number of aliphatic carboxylic acids is 1. The first-order valence-corrected chi connectivity index (χ1v) is 25.6. The first-order chi connectivity index (χ1) is 36.2. The lowest BCUT2D eigenvalue weighted by molar-refractivity contribution is -0.139. The number of amides is 1. The average Bonchev–Trinajstić information content (AvgIpc) is 3.45. The number of aryl methyl sites for hydroxylation is 1. The van der Waals surface area contributed by atoms with Gasteiger partial charge in [0.15, 0.2) is 5.82 Å². The zero-order valence-corrected chi connectivity index (χ0v) is 43.9. The Morgan fingerprint density at radius 3 is 1.38 bits per heavy atom. The molecule has 1 aliphatic heterocycles. The quantitative estimate of drug-likeness (QED) is 0.0771. The zero-order valence-electron chi connectivity index (χ0n) is 43.9. The highest BCUT2D eigenvalue weighted by molar-refractivity contribution is 5.90. The van der Waals surface area contributed by atoms with E-state index in [-0.39, 0.29) is 31.5 Å². The Balaban J connectivity index is 0.799. The topological polar surface area (TPSA) is 238 Å². The number of ether oxygens (including phenoxy) is 12. The number of hydrogen-bond donors (Lipinski definition) is 2. The summed E-state index contributed by atoms with van der Waals surface area (Å²) < 4.78 is 66.6. The van der Waals surface area contributed by atoms with Crippen molar-refractivity contribution in [1.82, 2.24) is 35.1 Å². The maximum atomic E-state index is 12.5. The molecule has 23 heteroatoms. The second-order valence-corrected chi connectivity index (χ2v) is 17.2. The standard InChI is InChI=1S/C51H82N8O15/c1-43-53-55-51(56-54-43)45-6-10-48(11-7-45)74-39-38-73-37-36-72-35-34-71-33-32-70-31-30-69-29-28-68-27-26-67-25-24-66-23-22-65-21-20-64-19-18-63-17-12-49(60)52-46-8-4-44(5-9-46)40-47-41-58(3)14-13-57(2)15-16-59(47)42-50(61)62/h4-11,47H,12-42H2,1-3H3,(H,52,60)(H,61,62). The van der Waals surface area contributed by atoms with Crippen LogP contribution in [0.5, 0.6) is 5.75 Å². The largest absolute Gasteiger partial charge is 0.491 e. The number of benzene rings is 2. The van der Waals surface area contributed by atoms with Crippen LogP contribution in [0.25, 0.3) is 11.4 Å². The van der Waals surface area contributed by atoms with E-state index in [0.717, 1.165) is 49.5 Å². The van der Waals surface area contributed by atoms with Crippen molar-refractivity contribution in [3.05, 3.63) is 59.9 Å². The summed E-state index contributed by atoms with van der Waals surface area (Å²) >= 11 is 0. The number of nitrogens with zero attached hydrogens (tertiary/aromatic N) is 7. The molecule has 1 unspecified atom stereocenters. The van der Waals surface area contributed by atoms with Crippen LogP contribution in [0.1, 0.15) is 17.8 Å². The lowest BCUT2D eigenvalue weighted by Gasteiger charge is -2.32. The van der Waals surface area contributed by atoms with Crippen molar-refractivity contribution in [2.45, 2.75) is 25.8 Å². The maximum Gasteiger partial charge on any atom is 0.317 e. The van der Waals surface area contributed by atoms with Crippen molar-refractivity contribution in [2.24, 2.45) is 0 Å². The second kappa shape index (κ2) is 40.8. The average molecular weight is 1050 g/mol. The first-order valence-electron chi connectivity index (χ1n) is 25.6. The van der Waals surface area contributed by atoms with Crippen LogP contribution in [0.2, 0.25) is 0 Å². The minimum atomic E-state index is -0.820. The molecule has 2 heterocycles. The molecule has 3 aromatic rings. The molecular weight excluding hydrogens is 965 g/mol. The van der Waals surface area contributed by atoms with Gasteiger partial charge < -0.3 is 77.1 Å². The number of anilines is 1. The van der Waals surface area contributed by atoms with E-state index < -0.39 is 5.97 Å². The minimum absolute atomic E-state index is 0.00896. The van der Waals surface area contributed by atoms with E-state index in [1.54, 1.807) is 6.92 Å². The summed E-state index contributed by atoms with van der Waals surface area (Å²) in [6, 6.07) is 15.2. The van der Waals surface area contributed by atoms with Gasteiger partial charge >= 0.3 is 5.97 Å². The van der Waals surface area contributed by atoms with Gasteiger partial charge in [-0.05, 0) is 69.4 Å². The summed E-state index contributed by atoms with van der Waals surface area (Å²) in [6.45, 7) is 16.3. The molecule has 0 radical (unpaired) electrons. The molecule has 74 heavy (non-hydrogen) atoms.